The first kappa shape index (κ1) is 28.8. The number of nitrogens with zero attached hydrogens (tertiary/aromatic N) is 1. The van der Waals surface area contributed by atoms with Crippen LogP contribution in [-0.2, 0) is 28.8 Å². The maximum absolute atomic E-state index is 12.8. The van der Waals surface area contributed by atoms with E-state index in [0.717, 1.165) is 0 Å². The summed E-state index contributed by atoms with van der Waals surface area (Å²) in [5, 5.41) is 37.6. The van der Waals surface area contributed by atoms with Gasteiger partial charge in [-0.25, -0.2) is 0 Å². The van der Waals surface area contributed by atoms with E-state index in [1.807, 2.05) is 0 Å². The quantitative estimate of drug-likeness (QED) is 0.173. The van der Waals surface area contributed by atoms with Gasteiger partial charge in [0.2, 0.25) is 11.8 Å². The molecule has 182 valence electrons. The molecule has 0 aromatic rings. The summed E-state index contributed by atoms with van der Waals surface area (Å²) in [6.07, 6.45) is 0.514. The fraction of sp³-hybridized carbons (Fsp3) is 0.700. The maximum atomic E-state index is 12.8. The molecule has 0 aliphatic rings. The van der Waals surface area contributed by atoms with Gasteiger partial charge in [0.1, 0.15) is 6.04 Å². The summed E-state index contributed by atoms with van der Waals surface area (Å²) >= 11 is 0. The first-order valence-electron chi connectivity index (χ1n) is 10.5. The van der Waals surface area contributed by atoms with E-state index in [0.29, 0.717) is 19.3 Å². The standard InChI is InChI=1S/C20H32N2O10/c23-15(7-5-10-18(28)29)22(13-3-1-2-8-16(24)25)14(6-4-9-17(26)27)20(32)21-12-11-19(30)31/h14H,1-13H2,(H,21,32)(H,24,25)(H,26,27)(H,28,29)(H,30,31)/t14-/m0/s1. The number of amides is 2. The Morgan fingerprint density at radius 2 is 1.16 bits per heavy atom. The molecule has 0 rings (SSSR count). The molecule has 0 heterocycles. The fourth-order valence-corrected chi connectivity index (χ4v) is 3.01. The highest BCUT2D eigenvalue weighted by atomic mass is 16.4. The number of carbonyl (C=O) groups is 6. The van der Waals surface area contributed by atoms with Crippen molar-refractivity contribution in [1.82, 2.24) is 10.2 Å². The topological polar surface area (TPSA) is 199 Å². The van der Waals surface area contributed by atoms with E-state index in [9.17, 15) is 28.8 Å². The van der Waals surface area contributed by atoms with Crippen LogP contribution in [0.1, 0.15) is 70.6 Å². The Balaban J connectivity index is 5.31. The average molecular weight is 460 g/mol. The summed E-state index contributed by atoms with van der Waals surface area (Å²) in [5.74, 6) is -5.29. The molecule has 0 saturated heterocycles. The van der Waals surface area contributed by atoms with Gasteiger partial charge in [-0.1, -0.05) is 6.42 Å². The lowest BCUT2D eigenvalue weighted by molar-refractivity contribution is -0.142. The minimum Gasteiger partial charge on any atom is -0.481 e. The van der Waals surface area contributed by atoms with Crippen molar-refractivity contribution in [2.24, 2.45) is 0 Å². The van der Waals surface area contributed by atoms with Gasteiger partial charge in [-0.05, 0) is 32.1 Å². The average Bonchev–Trinajstić information content (AvgIpc) is 2.67. The summed E-state index contributed by atoms with van der Waals surface area (Å²) in [7, 11) is 0. The predicted molar refractivity (Wildman–Crippen MR) is 110 cm³/mol. The molecule has 12 nitrogen and oxygen atoms in total. The minimum absolute atomic E-state index is 0.0327. The molecular weight excluding hydrogens is 428 g/mol. The van der Waals surface area contributed by atoms with Crippen molar-refractivity contribution in [3.63, 3.8) is 0 Å². The van der Waals surface area contributed by atoms with Gasteiger partial charge < -0.3 is 30.6 Å². The third-order valence-corrected chi connectivity index (χ3v) is 4.58. The number of carboxylic acids is 4. The normalized spacial score (nSPS) is 11.4. The van der Waals surface area contributed by atoms with E-state index in [-0.39, 0.29) is 64.5 Å². The van der Waals surface area contributed by atoms with Crippen LogP contribution in [-0.4, -0.2) is 80.1 Å². The molecule has 0 aliphatic carbocycles. The Bertz CT molecular complexity index is 665. The van der Waals surface area contributed by atoms with E-state index in [1.54, 1.807) is 0 Å². The molecule has 12 heteroatoms. The van der Waals surface area contributed by atoms with Crippen LogP contribution >= 0.6 is 0 Å². The van der Waals surface area contributed by atoms with Crippen LogP contribution in [0.2, 0.25) is 0 Å². The highest BCUT2D eigenvalue weighted by Gasteiger charge is 2.29. The summed E-state index contributed by atoms with van der Waals surface area (Å²) in [5.41, 5.74) is 0. The SMILES string of the molecule is O=C(O)CCCCCN(C(=O)CCCC(=O)O)[C@@H](CCCC(=O)O)C(=O)NCCC(=O)O. The molecule has 0 radical (unpaired) electrons. The van der Waals surface area contributed by atoms with E-state index in [1.165, 1.54) is 4.90 Å². The number of carbonyl (C=O) groups excluding carboxylic acids is 2. The van der Waals surface area contributed by atoms with Gasteiger partial charge in [0, 0.05) is 38.8 Å². The van der Waals surface area contributed by atoms with Crippen molar-refractivity contribution in [3.05, 3.63) is 0 Å². The van der Waals surface area contributed by atoms with Gasteiger partial charge in [0.25, 0.3) is 0 Å². The van der Waals surface area contributed by atoms with E-state index >= 15 is 0 Å². The van der Waals surface area contributed by atoms with Crippen molar-refractivity contribution in [3.8, 4) is 0 Å². The van der Waals surface area contributed by atoms with Crippen molar-refractivity contribution >= 4 is 35.7 Å². The third kappa shape index (κ3) is 14.7. The monoisotopic (exact) mass is 460 g/mol. The summed E-state index contributed by atoms with van der Waals surface area (Å²) in [6.45, 7) is -0.0567. The number of nitrogens with one attached hydrogen (secondary N) is 1. The third-order valence-electron chi connectivity index (χ3n) is 4.58. The molecule has 0 saturated carbocycles. The first-order chi connectivity index (χ1) is 15.0. The molecular formula is C20H32N2O10. The number of hydrogen-bond donors (Lipinski definition) is 5. The maximum Gasteiger partial charge on any atom is 0.305 e. The number of hydrogen-bond acceptors (Lipinski definition) is 6. The second kappa shape index (κ2) is 16.5. The van der Waals surface area contributed by atoms with Crippen LogP contribution < -0.4 is 5.32 Å². The zero-order chi connectivity index (χ0) is 24.5. The smallest absolute Gasteiger partial charge is 0.305 e. The van der Waals surface area contributed by atoms with E-state index in [4.69, 9.17) is 20.4 Å². The minimum atomic E-state index is -1.12. The van der Waals surface area contributed by atoms with Crippen molar-refractivity contribution in [2.45, 2.75) is 76.7 Å². The highest BCUT2D eigenvalue weighted by Crippen LogP contribution is 2.15. The molecule has 0 spiro atoms. The second-order valence-corrected chi connectivity index (χ2v) is 7.28. The molecule has 0 bridgehead atoms. The van der Waals surface area contributed by atoms with Gasteiger partial charge in [-0.3, -0.25) is 28.8 Å². The molecule has 0 aromatic heterocycles. The lowest BCUT2D eigenvalue weighted by atomic mass is 10.0. The summed E-state index contributed by atoms with van der Waals surface area (Å²) in [6, 6.07) is -1.04. The Morgan fingerprint density at radius 1 is 0.625 bits per heavy atom. The van der Waals surface area contributed by atoms with Gasteiger partial charge in [-0.2, -0.15) is 0 Å². The zero-order valence-electron chi connectivity index (χ0n) is 18.0. The Morgan fingerprint density at radius 3 is 1.72 bits per heavy atom. The molecule has 0 aliphatic heterocycles. The summed E-state index contributed by atoms with van der Waals surface area (Å²) in [4.78, 5) is 69.6. The highest BCUT2D eigenvalue weighted by molar-refractivity contribution is 5.88. The Labute approximate surface area is 185 Å². The summed E-state index contributed by atoms with van der Waals surface area (Å²) < 4.78 is 0. The number of rotatable bonds is 19. The number of unbranched alkanes of at least 4 members (excludes halogenated alkanes) is 2. The lowest BCUT2D eigenvalue weighted by Crippen LogP contribution is -2.50. The molecule has 1 atom stereocenters. The molecule has 0 unspecified atom stereocenters. The van der Waals surface area contributed by atoms with Crippen LogP contribution in [0.25, 0.3) is 0 Å². The van der Waals surface area contributed by atoms with Crippen molar-refractivity contribution in [1.29, 1.82) is 0 Å². The molecule has 0 fully saturated rings. The van der Waals surface area contributed by atoms with Crippen LogP contribution in [0.15, 0.2) is 0 Å². The molecule has 5 N–H and O–H groups in total. The second-order valence-electron chi connectivity index (χ2n) is 7.28. The van der Waals surface area contributed by atoms with Gasteiger partial charge in [0.15, 0.2) is 0 Å². The van der Waals surface area contributed by atoms with Crippen LogP contribution in [0.4, 0.5) is 0 Å². The fourth-order valence-electron chi connectivity index (χ4n) is 3.01. The Hall–Kier alpha value is -3.18. The van der Waals surface area contributed by atoms with E-state index < -0.39 is 41.7 Å². The van der Waals surface area contributed by atoms with E-state index in [2.05, 4.69) is 5.32 Å². The van der Waals surface area contributed by atoms with Crippen LogP contribution in [0.3, 0.4) is 0 Å². The Kier molecular flexibility index (Phi) is 14.9. The van der Waals surface area contributed by atoms with Crippen molar-refractivity contribution in [2.75, 3.05) is 13.1 Å². The van der Waals surface area contributed by atoms with Gasteiger partial charge in [-0.15, -0.1) is 0 Å². The molecule has 32 heavy (non-hydrogen) atoms. The van der Waals surface area contributed by atoms with Crippen LogP contribution in [0.5, 0.6) is 0 Å². The molecule has 2 amide bonds. The predicted octanol–water partition coefficient (Wildman–Crippen LogP) is 0.929. The molecule has 0 aromatic carbocycles. The number of carboxylic acid groups (broad SMARTS) is 4. The number of aliphatic carboxylic acids is 4. The van der Waals surface area contributed by atoms with Crippen molar-refractivity contribution < 1.29 is 49.2 Å². The largest absolute Gasteiger partial charge is 0.481 e. The van der Waals surface area contributed by atoms with Gasteiger partial charge in [0.05, 0.1) is 6.42 Å². The van der Waals surface area contributed by atoms with Crippen LogP contribution in [0, 0.1) is 0 Å². The lowest BCUT2D eigenvalue weighted by Gasteiger charge is -2.31. The van der Waals surface area contributed by atoms with Gasteiger partial charge >= 0.3 is 23.9 Å². The first-order valence-corrected chi connectivity index (χ1v) is 10.5. The zero-order valence-corrected chi connectivity index (χ0v) is 18.0.